The lowest BCUT2D eigenvalue weighted by Gasteiger charge is -2.43. The van der Waals surface area contributed by atoms with Gasteiger partial charge in [0.25, 0.3) is 0 Å². The molecule has 2 unspecified atom stereocenters. The van der Waals surface area contributed by atoms with E-state index in [4.69, 9.17) is 14.2 Å². The number of ether oxygens (including phenoxy) is 3. The number of ketones is 1. The highest BCUT2D eigenvalue weighted by atomic mass is 16.6. The number of fused-ring (bicyclic) bond motifs is 1. The quantitative estimate of drug-likeness (QED) is 0.552. The van der Waals surface area contributed by atoms with Gasteiger partial charge in [-0.3, -0.25) is 9.69 Å². The summed E-state index contributed by atoms with van der Waals surface area (Å²) in [4.78, 5) is 39.3. The van der Waals surface area contributed by atoms with E-state index in [2.05, 4.69) is 0 Å². The predicted octanol–water partition coefficient (Wildman–Crippen LogP) is 3.84. The molecule has 0 saturated carbocycles. The Kier molecular flexibility index (Phi) is 6.60. The molecule has 0 spiro atoms. The van der Waals surface area contributed by atoms with E-state index in [0.29, 0.717) is 23.5 Å². The molecule has 1 aliphatic heterocycles. The van der Waals surface area contributed by atoms with Gasteiger partial charge in [0.15, 0.2) is 0 Å². The van der Waals surface area contributed by atoms with Gasteiger partial charge in [-0.15, -0.1) is 0 Å². The molecule has 0 fully saturated rings. The molecular formula is C23H25NO7. The minimum absolute atomic E-state index is 0.0686. The van der Waals surface area contributed by atoms with Crippen molar-refractivity contribution in [3.05, 3.63) is 59.7 Å². The molecule has 2 atom stereocenters. The second-order valence-corrected chi connectivity index (χ2v) is 7.05. The van der Waals surface area contributed by atoms with Gasteiger partial charge in [-0.25, -0.2) is 9.59 Å². The molecule has 3 rings (SSSR count). The fourth-order valence-corrected chi connectivity index (χ4v) is 3.47. The van der Waals surface area contributed by atoms with Crippen LogP contribution in [0.25, 0.3) is 0 Å². The van der Waals surface area contributed by atoms with Crippen molar-refractivity contribution < 1.29 is 33.7 Å². The number of benzene rings is 2. The minimum atomic E-state index is -2.82. The number of esters is 1. The minimum Gasteiger partial charge on any atom is -0.462 e. The number of Topliss-reactive ketones (excluding diaryl/α,β-unsaturated/α-hetero) is 1. The summed E-state index contributed by atoms with van der Waals surface area (Å²) in [6, 6.07) is 12.8. The fraction of sp³-hybridized carbons (Fsp3) is 0.348. The number of aliphatic hydroxyl groups is 1. The van der Waals surface area contributed by atoms with Crippen LogP contribution in [0.3, 0.4) is 0 Å². The van der Waals surface area contributed by atoms with Crippen molar-refractivity contribution in [2.45, 2.75) is 39.0 Å². The predicted molar refractivity (Wildman–Crippen MR) is 111 cm³/mol. The van der Waals surface area contributed by atoms with Crippen LogP contribution >= 0.6 is 0 Å². The van der Waals surface area contributed by atoms with Crippen molar-refractivity contribution in [1.29, 1.82) is 0 Å². The molecule has 31 heavy (non-hydrogen) atoms. The highest BCUT2D eigenvalue weighted by Gasteiger charge is 2.59. The summed E-state index contributed by atoms with van der Waals surface area (Å²) in [5, 5.41) is 11.2. The molecule has 0 aliphatic carbocycles. The summed E-state index contributed by atoms with van der Waals surface area (Å²) >= 11 is 0. The Labute approximate surface area is 180 Å². The number of hydrogen-bond acceptors (Lipinski definition) is 7. The second-order valence-electron chi connectivity index (χ2n) is 7.05. The number of amides is 1. The van der Waals surface area contributed by atoms with Crippen molar-refractivity contribution in [3.63, 3.8) is 0 Å². The van der Waals surface area contributed by atoms with Crippen LogP contribution in [0.1, 0.15) is 49.2 Å². The van der Waals surface area contributed by atoms with Gasteiger partial charge < -0.3 is 19.3 Å². The molecule has 1 aliphatic rings. The van der Waals surface area contributed by atoms with Gasteiger partial charge in [0.2, 0.25) is 5.78 Å². The average Bonchev–Trinajstić information content (AvgIpc) is 2.77. The molecule has 0 saturated heterocycles. The molecule has 1 heterocycles. The van der Waals surface area contributed by atoms with E-state index in [1.54, 1.807) is 45.0 Å². The first-order valence-corrected chi connectivity index (χ1v) is 10.1. The van der Waals surface area contributed by atoms with E-state index in [9.17, 15) is 19.5 Å². The Hall–Kier alpha value is -3.39. The van der Waals surface area contributed by atoms with Gasteiger partial charge in [0.05, 0.1) is 19.3 Å². The summed E-state index contributed by atoms with van der Waals surface area (Å²) in [7, 11) is 0. The summed E-state index contributed by atoms with van der Waals surface area (Å²) in [6.07, 6.45) is -0.455. The van der Waals surface area contributed by atoms with Crippen LogP contribution in [-0.2, 0) is 14.3 Å². The molecule has 164 valence electrons. The average molecular weight is 427 g/mol. The summed E-state index contributed by atoms with van der Waals surface area (Å²) in [5.74, 6) is -1.15. The van der Waals surface area contributed by atoms with Crippen molar-refractivity contribution in [2.24, 2.45) is 0 Å². The Morgan fingerprint density at radius 2 is 1.77 bits per heavy atom. The maximum atomic E-state index is 13.2. The van der Waals surface area contributed by atoms with Crippen LogP contribution in [0.5, 0.6) is 11.5 Å². The van der Waals surface area contributed by atoms with E-state index in [1.165, 1.54) is 6.07 Å². The van der Waals surface area contributed by atoms with Crippen molar-refractivity contribution in [1.82, 2.24) is 4.90 Å². The first-order chi connectivity index (χ1) is 14.8. The van der Waals surface area contributed by atoms with E-state index >= 15 is 0 Å². The van der Waals surface area contributed by atoms with Crippen LogP contribution in [0.2, 0.25) is 0 Å². The van der Waals surface area contributed by atoms with Crippen LogP contribution < -0.4 is 4.74 Å². The zero-order valence-electron chi connectivity index (χ0n) is 17.7. The van der Waals surface area contributed by atoms with Crippen molar-refractivity contribution >= 4 is 17.8 Å². The lowest BCUT2D eigenvalue weighted by molar-refractivity contribution is -0.179. The van der Waals surface area contributed by atoms with Crippen molar-refractivity contribution in [2.75, 3.05) is 13.2 Å². The lowest BCUT2D eigenvalue weighted by atomic mass is 9.85. The van der Waals surface area contributed by atoms with Crippen LogP contribution in [0.4, 0.5) is 4.79 Å². The van der Waals surface area contributed by atoms with Gasteiger partial charge in [0.1, 0.15) is 11.5 Å². The van der Waals surface area contributed by atoms with E-state index in [0.717, 1.165) is 4.90 Å². The number of carbonyl (C=O) groups is 3. The van der Waals surface area contributed by atoms with Crippen LogP contribution in [0, 0.1) is 0 Å². The first-order valence-electron chi connectivity index (χ1n) is 10.1. The number of hydrogen-bond donors (Lipinski definition) is 1. The van der Waals surface area contributed by atoms with Gasteiger partial charge in [0, 0.05) is 5.56 Å². The molecular weight excluding hydrogens is 402 g/mol. The summed E-state index contributed by atoms with van der Waals surface area (Å²) in [6.45, 7) is 4.93. The molecule has 1 amide bonds. The number of nitrogens with zero attached hydrogens (tertiary/aromatic N) is 1. The monoisotopic (exact) mass is 427 g/mol. The maximum absolute atomic E-state index is 13.2. The highest BCUT2D eigenvalue weighted by molar-refractivity contribution is 6.18. The molecule has 8 nitrogen and oxygen atoms in total. The van der Waals surface area contributed by atoms with E-state index in [1.807, 2.05) is 18.2 Å². The number of rotatable bonds is 6. The summed E-state index contributed by atoms with van der Waals surface area (Å²) in [5.41, 5.74) is -2.31. The van der Waals surface area contributed by atoms with E-state index in [-0.39, 0.29) is 18.8 Å². The van der Waals surface area contributed by atoms with Crippen LogP contribution in [-0.4, -0.2) is 46.8 Å². The van der Waals surface area contributed by atoms with Gasteiger partial charge >= 0.3 is 17.8 Å². The number of carbonyl (C=O) groups excluding carboxylic acids is 3. The van der Waals surface area contributed by atoms with Gasteiger partial charge in [-0.1, -0.05) is 25.1 Å². The normalized spacial score (nSPS) is 20.1. The Morgan fingerprint density at radius 3 is 2.42 bits per heavy atom. The highest BCUT2D eigenvalue weighted by Crippen LogP contribution is 2.40. The van der Waals surface area contributed by atoms with Crippen LogP contribution in [0.15, 0.2) is 48.5 Å². The SMILES string of the molecule is CCCOC(=O)N1C(C)c2cc(Oc3ccccc3)ccc2C(=O)C1(O)C(=O)OCC. The second kappa shape index (κ2) is 9.18. The van der Waals surface area contributed by atoms with E-state index < -0.39 is 29.6 Å². The van der Waals surface area contributed by atoms with Crippen molar-refractivity contribution in [3.8, 4) is 11.5 Å². The third-order valence-corrected chi connectivity index (χ3v) is 4.94. The molecule has 0 bridgehead atoms. The Bertz CT molecular complexity index is 975. The van der Waals surface area contributed by atoms with Gasteiger partial charge in [-0.05, 0) is 56.2 Å². The first kappa shape index (κ1) is 22.3. The topological polar surface area (TPSA) is 102 Å². The smallest absolute Gasteiger partial charge is 0.413 e. The molecule has 0 radical (unpaired) electrons. The molecule has 2 aromatic rings. The molecule has 8 heteroatoms. The largest absolute Gasteiger partial charge is 0.462 e. The molecule has 1 N–H and O–H groups in total. The standard InChI is InChI=1S/C23H25NO7/c1-4-13-30-22(27)24-15(3)19-14-17(31-16-9-7-6-8-10-16)11-12-18(19)20(25)23(24,28)21(26)29-5-2/h6-12,14-15,28H,4-5,13H2,1-3H3. The fourth-order valence-electron chi connectivity index (χ4n) is 3.47. The third kappa shape index (κ3) is 4.11. The zero-order chi connectivity index (χ0) is 22.6. The molecule has 0 aromatic heterocycles. The number of para-hydroxylation sites is 1. The Morgan fingerprint density at radius 1 is 1.06 bits per heavy atom. The zero-order valence-corrected chi connectivity index (χ0v) is 17.7. The molecule has 2 aromatic carbocycles. The third-order valence-electron chi connectivity index (χ3n) is 4.94. The maximum Gasteiger partial charge on any atom is 0.413 e. The van der Waals surface area contributed by atoms with Gasteiger partial charge in [-0.2, -0.15) is 0 Å². The Balaban J connectivity index is 2.06. The summed E-state index contributed by atoms with van der Waals surface area (Å²) < 4.78 is 15.9. The lowest BCUT2D eigenvalue weighted by Crippen LogP contribution is -2.65.